The lowest BCUT2D eigenvalue weighted by atomic mass is 10.0. The normalized spacial score (nSPS) is 13.1. The van der Waals surface area contributed by atoms with Crippen LogP contribution in [0.25, 0.3) is 0 Å². The van der Waals surface area contributed by atoms with Gasteiger partial charge in [0.2, 0.25) is 0 Å². The fraction of sp³-hybridized carbons (Fsp3) is 0.625. The van der Waals surface area contributed by atoms with Crippen LogP contribution in [0.4, 0.5) is 0 Å². The Morgan fingerprint density at radius 2 is 2.00 bits per heavy atom. The molecular weight excluding hydrogens is 286 g/mol. The molecule has 0 aromatic heterocycles. The van der Waals surface area contributed by atoms with Gasteiger partial charge in [-0.3, -0.25) is 0 Å². The van der Waals surface area contributed by atoms with E-state index < -0.39 is 9.84 Å². The molecule has 1 aromatic rings. The predicted molar refractivity (Wildman–Crippen MR) is 87.7 cm³/mol. The van der Waals surface area contributed by atoms with E-state index in [2.05, 4.69) is 25.2 Å². The summed E-state index contributed by atoms with van der Waals surface area (Å²) < 4.78 is 28.5. The van der Waals surface area contributed by atoms with Crippen LogP contribution in [0.3, 0.4) is 0 Å². The van der Waals surface area contributed by atoms with Crippen molar-refractivity contribution in [1.29, 1.82) is 0 Å². The number of nitrogens with one attached hydrogen (secondary N) is 1. The molecule has 0 saturated carbocycles. The van der Waals surface area contributed by atoms with Crippen molar-refractivity contribution in [3.8, 4) is 5.75 Å². The van der Waals surface area contributed by atoms with Crippen LogP contribution >= 0.6 is 0 Å². The molecule has 21 heavy (non-hydrogen) atoms. The highest BCUT2D eigenvalue weighted by Gasteiger charge is 2.10. The maximum atomic E-state index is 11.4. The van der Waals surface area contributed by atoms with E-state index in [9.17, 15) is 8.42 Å². The highest BCUT2D eigenvalue weighted by Crippen LogP contribution is 2.22. The van der Waals surface area contributed by atoms with Crippen LogP contribution in [0.5, 0.6) is 5.75 Å². The molecule has 1 aromatic carbocycles. The maximum absolute atomic E-state index is 11.4. The number of hydrogen-bond donors (Lipinski definition) is 1. The Morgan fingerprint density at radius 1 is 1.29 bits per heavy atom. The van der Waals surface area contributed by atoms with Crippen molar-refractivity contribution in [2.24, 2.45) is 0 Å². The van der Waals surface area contributed by atoms with Gasteiger partial charge in [-0.1, -0.05) is 26.0 Å². The maximum Gasteiger partial charge on any atom is 0.153 e. The van der Waals surface area contributed by atoms with Gasteiger partial charge in [0.15, 0.2) is 9.84 Å². The minimum absolute atomic E-state index is 0.0686. The number of rotatable bonds is 9. The molecule has 0 aliphatic rings. The lowest BCUT2D eigenvalue weighted by Gasteiger charge is -2.16. The third-order valence-corrected chi connectivity index (χ3v) is 5.16. The molecule has 0 aliphatic heterocycles. The summed E-state index contributed by atoms with van der Waals surface area (Å²) in [6.45, 7) is 9.12. The molecule has 4 nitrogen and oxygen atoms in total. The second-order valence-corrected chi connectivity index (χ2v) is 7.76. The van der Waals surface area contributed by atoms with Crippen LogP contribution in [0.15, 0.2) is 18.2 Å². The second-order valence-electron chi connectivity index (χ2n) is 5.29. The fourth-order valence-electron chi connectivity index (χ4n) is 2.01. The second kappa shape index (κ2) is 8.39. The lowest BCUT2D eigenvalue weighted by Crippen LogP contribution is -2.19. The van der Waals surface area contributed by atoms with Crippen molar-refractivity contribution in [3.05, 3.63) is 29.3 Å². The van der Waals surface area contributed by atoms with E-state index in [0.29, 0.717) is 6.04 Å². The summed E-state index contributed by atoms with van der Waals surface area (Å²) in [7, 11) is -2.97. The van der Waals surface area contributed by atoms with Gasteiger partial charge in [0.1, 0.15) is 12.4 Å². The molecule has 0 aliphatic carbocycles. The summed E-state index contributed by atoms with van der Waals surface area (Å²) in [5, 5.41) is 3.45. The quantitative estimate of drug-likeness (QED) is 0.761. The van der Waals surface area contributed by atoms with Gasteiger partial charge in [-0.25, -0.2) is 8.42 Å². The number of ether oxygens (including phenoxy) is 1. The number of sulfone groups is 1. The zero-order chi connectivity index (χ0) is 15.9. The van der Waals surface area contributed by atoms with Gasteiger partial charge < -0.3 is 10.1 Å². The van der Waals surface area contributed by atoms with Crippen molar-refractivity contribution < 1.29 is 13.2 Å². The zero-order valence-corrected chi connectivity index (χ0v) is 14.3. The molecule has 0 bridgehead atoms. The van der Waals surface area contributed by atoms with Crippen LogP contribution in [0.2, 0.25) is 0 Å². The van der Waals surface area contributed by atoms with E-state index in [1.807, 2.05) is 19.1 Å². The van der Waals surface area contributed by atoms with Gasteiger partial charge in [-0.05, 0) is 44.0 Å². The zero-order valence-electron chi connectivity index (χ0n) is 13.5. The van der Waals surface area contributed by atoms with Gasteiger partial charge >= 0.3 is 0 Å². The largest absolute Gasteiger partial charge is 0.492 e. The molecule has 1 rings (SSSR count). The van der Waals surface area contributed by atoms with Crippen LogP contribution in [-0.2, 0) is 9.84 Å². The fourth-order valence-corrected chi connectivity index (χ4v) is 2.63. The third-order valence-electron chi connectivity index (χ3n) is 3.49. The summed E-state index contributed by atoms with van der Waals surface area (Å²) in [4.78, 5) is 0. The highest BCUT2D eigenvalue weighted by molar-refractivity contribution is 7.91. The average molecular weight is 313 g/mol. The Morgan fingerprint density at radius 3 is 2.57 bits per heavy atom. The van der Waals surface area contributed by atoms with Gasteiger partial charge in [-0.2, -0.15) is 0 Å². The minimum Gasteiger partial charge on any atom is -0.492 e. The standard InChI is InChI=1S/C16H27NO3S/c1-5-9-17-14(4)15-7-8-16(13(3)12-15)20-10-11-21(18,19)6-2/h7-8,12,14,17H,5-6,9-11H2,1-4H3. The first-order valence-corrected chi connectivity index (χ1v) is 9.39. The Bertz CT molecular complexity index is 540. The Kier molecular flexibility index (Phi) is 7.18. The van der Waals surface area contributed by atoms with E-state index in [-0.39, 0.29) is 18.1 Å². The Labute approximate surface area is 128 Å². The molecule has 0 amide bonds. The average Bonchev–Trinajstić information content (AvgIpc) is 2.46. The number of hydrogen-bond acceptors (Lipinski definition) is 4. The molecule has 0 heterocycles. The summed E-state index contributed by atoms with van der Waals surface area (Å²) in [6, 6.07) is 6.35. The monoisotopic (exact) mass is 313 g/mol. The Balaban J connectivity index is 2.62. The molecule has 0 radical (unpaired) electrons. The SMILES string of the molecule is CCCNC(C)c1ccc(OCCS(=O)(=O)CC)c(C)c1. The lowest BCUT2D eigenvalue weighted by molar-refractivity contribution is 0.338. The van der Waals surface area contributed by atoms with Gasteiger partial charge in [0.05, 0.1) is 5.75 Å². The van der Waals surface area contributed by atoms with Gasteiger partial charge in [-0.15, -0.1) is 0 Å². The summed E-state index contributed by atoms with van der Waals surface area (Å²) in [6.07, 6.45) is 1.11. The first-order valence-electron chi connectivity index (χ1n) is 7.56. The molecule has 0 saturated heterocycles. The van der Waals surface area contributed by atoms with Crippen molar-refractivity contribution in [2.75, 3.05) is 24.7 Å². The van der Waals surface area contributed by atoms with E-state index in [0.717, 1.165) is 24.3 Å². The molecule has 120 valence electrons. The predicted octanol–water partition coefficient (Wildman–Crippen LogP) is 2.87. The van der Waals surface area contributed by atoms with E-state index in [1.165, 1.54) is 5.56 Å². The smallest absolute Gasteiger partial charge is 0.153 e. The Hall–Kier alpha value is -1.07. The molecule has 0 fully saturated rings. The molecule has 0 spiro atoms. The van der Waals surface area contributed by atoms with Crippen LogP contribution in [0, 0.1) is 6.92 Å². The highest BCUT2D eigenvalue weighted by atomic mass is 32.2. The van der Waals surface area contributed by atoms with Crippen LogP contribution < -0.4 is 10.1 Å². The van der Waals surface area contributed by atoms with Crippen molar-refractivity contribution >= 4 is 9.84 Å². The molecular formula is C16H27NO3S. The summed E-state index contributed by atoms with van der Waals surface area (Å²) in [5.74, 6) is 0.987. The number of aryl methyl sites for hydroxylation is 1. The van der Waals surface area contributed by atoms with Crippen LogP contribution in [-0.4, -0.2) is 33.1 Å². The van der Waals surface area contributed by atoms with Crippen molar-refractivity contribution in [3.63, 3.8) is 0 Å². The first-order chi connectivity index (χ1) is 9.89. The topological polar surface area (TPSA) is 55.4 Å². The summed E-state index contributed by atoms with van der Waals surface area (Å²) >= 11 is 0. The molecule has 1 N–H and O–H groups in total. The van der Waals surface area contributed by atoms with Gasteiger partial charge in [0.25, 0.3) is 0 Å². The molecule has 1 atom stereocenters. The first kappa shape index (κ1) is 18.0. The molecule has 1 unspecified atom stereocenters. The van der Waals surface area contributed by atoms with Gasteiger partial charge in [0, 0.05) is 11.8 Å². The van der Waals surface area contributed by atoms with Crippen molar-refractivity contribution in [1.82, 2.24) is 5.32 Å². The van der Waals surface area contributed by atoms with Crippen LogP contribution in [0.1, 0.15) is 44.4 Å². The molecule has 5 heteroatoms. The van der Waals surface area contributed by atoms with E-state index in [4.69, 9.17) is 4.74 Å². The third kappa shape index (κ3) is 6.06. The van der Waals surface area contributed by atoms with E-state index >= 15 is 0 Å². The summed E-state index contributed by atoms with van der Waals surface area (Å²) in [5.41, 5.74) is 2.25. The minimum atomic E-state index is -2.97. The number of benzene rings is 1. The van der Waals surface area contributed by atoms with E-state index in [1.54, 1.807) is 6.92 Å². The van der Waals surface area contributed by atoms with Crippen molar-refractivity contribution in [2.45, 2.75) is 40.2 Å².